The van der Waals surface area contributed by atoms with Crippen molar-refractivity contribution in [1.29, 1.82) is 0 Å². The third-order valence-corrected chi connectivity index (χ3v) is 4.87. The maximum atomic E-state index is 12.5. The van der Waals surface area contributed by atoms with Gasteiger partial charge in [0, 0.05) is 30.2 Å². The Hall–Kier alpha value is -2.75. The number of hydrogen-bond donors (Lipinski definition) is 1. The van der Waals surface area contributed by atoms with E-state index in [4.69, 9.17) is 4.74 Å². The van der Waals surface area contributed by atoms with Crippen molar-refractivity contribution in [2.75, 3.05) is 19.7 Å². The summed E-state index contributed by atoms with van der Waals surface area (Å²) in [6.07, 6.45) is 2.13. The lowest BCUT2D eigenvalue weighted by Crippen LogP contribution is -2.41. The molecule has 25 heavy (non-hydrogen) atoms. The highest BCUT2D eigenvalue weighted by Gasteiger charge is 2.26. The summed E-state index contributed by atoms with van der Waals surface area (Å²) in [7, 11) is 0. The van der Waals surface area contributed by atoms with Crippen molar-refractivity contribution in [2.45, 2.75) is 18.8 Å². The number of carbonyl (C=O) groups excluding carboxylic acids is 1. The molecule has 4 rings (SSSR count). The monoisotopic (exact) mass is 334 g/mol. The number of carbonyl (C=O) groups is 1. The van der Waals surface area contributed by atoms with Crippen LogP contribution in [0.2, 0.25) is 0 Å². The van der Waals surface area contributed by atoms with E-state index in [1.165, 1.54) is 11.1 Å². The standard InChI is InChI=1S/C21H22N2O2/c24-21(15-25-18-9-2-1-3-10-18)23-12-6-8-17(14-23)20-13-16-7-4-5-11-19(16)22-20/h1-5,7,9-11,13,17,22H,6,8,12,14-15H2. The molecule has 3 aromatic rings. The summed E-state index contributed by atoms with van der Waals surface area (Å²) in [6, 6.07) is 20.0. The Morgan fingerprint density at radius 2 is 1.92 bits per heavy atom. The minimum atomic E-state index is 0.0599. The van der Waals surface area contributed by atoms with Crippen LogP contribution in [0.25, 0.3) is 10.9 Å². The van der Waals surface area contributed by atoms with Gasteiger partial charge in [0.2, 0.25) is 0 Å². The number of likely N-dealkylation sites (tertiary alicyclic amines) is 1. The molecule has 2 heterocycles. The first-order chi connectivity index (χ1) is 12.3. The molecule has 4 nitrogen and oxygen atoms in total. The van der Waals surface area contributed by atoms with Crippen molar-refractivity contribution in [2.24, 2.45) is 0 Å². The number of benzene rings is 2. The highest BCUT2D eigenvalue weighted by molar-refractivity contribution is 5.80. The Labute approximate surface area is 147 Å². The fourth-order valence-corrected chi connectivity index (χ4v) is 3.53. The van der Waals surface area contributed by atoms with Gasteiger partial charge in [0.15, 0.2) is 6.61 Å². The van der Waals surface area contributed by atoms with Crippen LogP contribution in [0.4, 0.5) is 0 Å². The second-order valence-electron chi connectivity index (χ2n) is 6.59. The van der Waals surface area contributed by atoms with Gasteiger partial charge in [-0.05, 0) is 42.5 Å². The normalized spacial score (nSPS) is 17.6. The van der Waals surface area contributed by atoms with Crippen LogP contribution in [0.15, 0.2) is 60.7 Å². The van der Waals surface area contributed by atoms with Gasteiger partial charge in [-0.2, -0.15) is 0 Å². The number of hydrogen-bond acceptors (Lipinski definition) is 2. The number of para-hydroxylation sites is 2. The first-order valence-electron chi connectivity index (χ1n) is 8.83. The predicted octanol–water partition coefficient (Wildman–Crippen LogP) is 3.95. The predicted molar refractivity (Wildman–Crippen MR) is 98.8 cm³/mol. The summed E-state index contributed by atoms with van der Waals surface area (Å²) in [5.74, 6) is 1.16. The van der Waals surface area contributed by atoms with Crippen molar-refractivity contribution in [3.8, 4) is 5.75 Å². The van der Waals surface area contributed by atoms with E-state index in [-0.39, 0.29) is 12.5 Å². The number of fused-ring (bicyclic) bond motifs is 1. The van der Waals surface area contributed by atoms with Gasteiger partial charge in [-0.1, -0.05) is 36.4 Å². The van der Waals surface area contributed by atoms with E-state index in [1.54, 1.807) is 0 Å². The fraction of sp³-hybridized carbons (Fsp3) is 0.286. The quantitative estimate of drug-likeness (QED) is 0.785. The van der Waals surface area contributed by atoms with Crippen LogP contribution in [0, 0.1) is 0 Å². The Kier molecular flexibility index (Phi) is 4.42. The number of piperidine rings is 1. The molecule has 128 valence electrons. The molecule has 0 saturated carbocycles. The van der Waals surface area contributed by atoms with Crippen LogP contribution in [0.3, 0.4) is 0 Å². The average Bonchev–Trinajstić information content (AvgIpc) is 3.11. The molecule has 1 saturated heterocycles. The highest BCUT2D eigenvalue weighted by Crippen LogP contribution is 2.29. The minimum absolute atomic E-state index is 0.0599. The van der Waals surface area contributed by atoms with E-state index in [9.17, 15) is 4.79 Å². The van der Waals surface area contributed by atoms with E-state index in [0.717, 1.165) is 37.2 Å². The summed E-state index contributed by atoms with van der Waals surface area (Å²) in [6.45, 7) is 1.67. The third-order valence-electron chi connectivity index (χ3n) is 4.87. The molecular formula is C21H22N2O2. The molecule has 4 heteroatoms. The van der Waals surface area contributed by atoms with Crippen molar-refractivity contribution >= 4 is 16.8 Å². The number of amides is 1. The Bertz CT molecular complexity index is 823. The zero-order valence-electron chi connectivity index (χ0n) is 14.2. The lowest BCUT2D eigenvalue weighted by molar-refractivity contribution is -0.134. The second-order valence-corrected chi connectivity index (χ2v) is 6.59. The van der Waals surface area contributed by atoms with Gasteiger partial charge >= 0.3 is 0 Å². The summed E-state index contributed by atoms with van der Waals surface area (Å²) in [5, 5.41) is 1.23. The molecular weight excluding hydrogens is 312 g/mol. The van der Waals surface area contributed by atoms with Crippen molar-refractivity contribution < 1.29 is 9.53 Å². The van der Waals surface area contributed by atoms with Crippen LogP contribution in [-0.2, 0) is 4.79 Å². The smallest absolute Gasteiger partial charge is 0.260 e. The number of nitrogens with zero attached hydrogens (tertiary/aromatic N) is 1. The fourth-order valence-electron chi connectivity index (χ4n) is 3.53. The topological polar surface area (TPSA) is 45.3 Å². The van der Waals surface area contributed by atoms with Gasteiger partial charge in [-0.3, -0.25) is 4.79 Å². The number of H-pyrrole nitrogens is 1. The lowest BCUT2D eigenvalue weighted by Gasteiger charge is -2.32. The minimum Gasteiger partial charge on any atom is -0.484 e. The zero-order valence-corrected chi connectivity index (χ0v) is 14.2. The van der Waals surface area contributed by atoms with Gasteiger partial charge in [0.1, 0.15) is 5.75 Å². The molecule has 1 aliphatic rings. The Morgan fingerprint density at radius 1 is 1.12 bits per heavy atom. The molecule has 0 radical (unpaired) electrons. The van der Waals surface area contributed by atoms with E-state index < -0.39 is 0 Å². The molecule has 1 aliphatic heterocycles. The number of rotatable bonds is 4. The van der Waals surface area contributed by atoms with Crippen LogP contribution in [0.1, 0.15) is 24.5 Å². The lowest BCUT2D eigenvalue weighted by atomic mass is 9.94. The molecule has 0 bridgehead atoms. The van der Waals surface area contributed by atoms with Gasteiger partial charge in [0.05, 0.1) is 0 Å². The second kappa shape index (κ2) is 7.01. The molecule has 2 aromatic carbocycles. The first kappa shape index (κ1) is 15.8. The summed E-state index contributed by atoms with van der Waals surface area (Å²) >= 11 is 0. The van der Waals surface area contributed by atoms with E-state index in [0.29, 0.717) is 5.92 Å². The molecule has 1 N–H and O–H groups in total. The molecule has 0 aliphatic carbocycles. The highest BCUT2D eigenvalue weighted by atomic mass is 16.5. The Balaban J connectivity index is 1.41. The first-order valence-corrected chi connectivity index (χ1v) is 8.83. The van der Waals surface area contributed by atoms with Gasteiger partial charge in [0.25, 0.3) is 5.91 Å². The van der Waals surface area contributed by atoms with Crippen molar-refractivity contribution in [1.82, 2.24) is 9.88 Å². The van der Waals surface area contributed by atoms with Gasteiger partial charge in [-0.15, -0.1) is 0 Å². The average molecular weight is 334 g/mol. The zero-order chi connectivity index (χ0) is 17.1. The molecule has 1 atom stereocenters. The molecule has 1 fully saturated rings. The van der Waals surface area contributed by atoms with Gasteiger partial charge in [-0.25, -0.2) is 0 Å². The maximum Gasteiger partial charge on any atom is 0.260 e. The SMILES string of the molecule is O=C(COc1ccccc1)N1CCCC(c2cc3ccccc3[nH]2)C1. The van der Waals surface area contributed by atoms with Crippen molar-refractivity contribution in [3.05, 3.63) is 66.4 Å². The number of nitrogens with one attached hydrogen (secondary N) is 1. The largest absolute Gasteiger partial charge is 0.484 e. The maximum absolute atomic E-state index is 12.5. The molecule has 1 unspecified atom stereocenters. The van der Waals surface area contributed by atoms with Crippen LogP contribution >= 0.6 is 0 Å². The molecule has 0 spiro atoms. The number of aromatic amines is 1. The van der Waals surface area contributed by atoms with Crippen LogP contribution in [-0.4, -0.2) is 35.5 Å². The van der Waals surface area contributed by atoms with Crippen LogP contribution < -0.4 is 4.74 Å². The van der Waals surface area contributed by atoms with Crippen molar-refractivity contribution in [3.63, 3.8) is 0 Å². The number of ether oxygens (including phenoxy) is 1. The van der Waals surface area contributed by atoms with Crippen LogP contribution in [0.5, 0.6) is 5.75 Å². The number of aromatic nitrogens is 1. The van der Waals surface area contributed by atoms with E-state index >= 15 is 0 Å². The summed E-state index contributed by atoms with van der Waals surface area (Å²) < 4.78 is 5.61. The Morgan fingerprint density at radius 3 is 2.76 bits per heavy atom. The summed E-state index contributed by atoms with van der Waals surface area (Å²) in [5.41, 5.74) is 2.39. The van der Waals surface area contributed by atoms with Gasteiger partial charge < -0.3 is 14.6 Å². The molecule has 1 aromatic heterocycles. The summed E-state index contributed by atoms with van der Waals surface area (Å²) in [4.78, 5) is 18.0. The van der Waals surface area contributed by atoms with E-state index in [1.807, 2.05) is 41.3 Å². The van der Waals surface area contributed by atoms with E-state index in [2.05, 4.69) is 29.2 Å². The molecule has 1 amide bonds. The third kappa shape index (κ3) is 3.53.